The van der Waals surface area contributed by atoms with Crippen molar-refractivity contribution in [2.75, 3.05) is 26.8 Å². The molecule has 0 bridgehead atoms. The van der Waals surface area contributed by atoms with Gasteiger partial charge in [0.15, 0.2) is 0 Å². The molecule has 1 aliphatic heterocycles. The Hall–Kier alpha value is -0.610. The lowest BCUT2D eigenvalue weighted by Crippen LogP contribution is -2.53. The Morgan fingerprint density at radius 2 is 2.05 bits per heavy atom. The molecule has 1 aliphatic carbocycles. The fourth-order valence-corrected chi connectivity index (χ4v) is 3.56. The third kappa shape index (κ3) is 3.11. The largest absolute Gasteiger partial charge is 0.381 e. The highest BCUT2D eigenvalue weighted by molar-refractivity contribution is 5.83. The van der Waals surface area contributed by atoms with Crippen LogP contribution in [0, 0.1) is 11.3 Å². The van der Waals surface area contributed by atoms with Gasteiger partial charge in [-0.15, -0.1) is 0 Å². The molecule has 1 saturated heterocycles. The zero-order valence-corrected chi connectivity index (χ0v) is 12.4. The topological polar surface area (TPSA) is 55.6 Å². The molecule has 19 heavy (non-hydrogen) atoms. The third-order valence-electron chi connectivity index (χ3n) is 5.07. The van der Waals surface area contributed by atoms with Crippen LogP contribution in [-0.4, -0.2) is 43.7 Å². The second kappa shape index (κ2) is 6.23. The van der Waals surface area contributed by atoms with E-state index in [1.165, 1.54) is 12.8 Å². The number of amides is 1. The Labute approximate surface area is 116 Å². The molecule has 2 fully saturated rings. The molecule has 2 unspecified atom stereocenters. The Morgan fingerprint density at radius 3 is 2.63 bits per heavy atom. The average Bonchev–Trinajstić information content (AvgIpc) is 2.46. The van der Waals surface area contributed by atoms with Crippen molar-refractivity contribution in [3.63, 3.8) is 0 Å². The lowest BCUT2D eigenvalue weighted by molar-refractivity contribution is -0.148. The van der Waals surface area contributed by atoms with Gasteiger partial charge in [0.05, 0.1) is 5.41 Å². The average molecular weight is 268 g/mol. The maximum absolute atomic E-state index is 12.8. The fourth-order valence-electron chi connectivity index (χ4n) is 3.56. The summed E-state index contributed by atoms with van der Waals surface area (Å²) in [7, 11) is 1.97. The predicted molar refractivity (Wildman–Crippen MR) is 75.7 cm³/mol. The van der Waals surface area contributed by atoms with E-state index in [0.717, 1.165) is 31.6 Å². The molecule has 0 aromatic rings. The Balaban J connectivity index is 2.04. The molecule has 1 heterocycles. The summed E-state index contributed by atoms with van der Waals surface area (Å²) in [6.45, 7) is 4.06. The summed E-state index contributed by atoms with van der Waals surface area (Å²) in [5.74, 6) is 0.981. The summed E-state index contributed by atoms with van der Waals surface area (Å²) >= 11 is 0. The molecule has 110 valence electrons. The summed E-state index contributed by atoms with van der Waals surface area (Å²) in [4.78, 5) is 14.8. The smallest absolute Gasteiger partial charge is 0.230 e. The van der Waals surface area contributed by atoms with Crippen molar-refractivity contribution >= 4 is 5.91 Å². The van der Waals surface area contributed by atoms with Gasteiger partial charge in [-0.1, -0.05) is 19.8 Å². The number of hydrogen-bond acceptors (Lipinski definition) is 3. The molecular weight excluding hydrogens is 240 g/mol. The van der Waals surface area contributed by atoms with Gasteiger partial charge in [-0.25, -0.2) is 0 Å². The summed E-state index contributed by atoms with van der Waals surface area (Å²) in [6, 6.07) is 0.405. The number of nitrogens with two attached hydrogens (primary N) is 1. The summed E-state index contributed by atoms with van der Waals surface area (Å²) in [5.41, 5.74) is 5.56. The van der Waals surface area contributed by atoms with Crippen LogP contribution in [0.2, 0.25) is 0 Å². The van der Waals surface area contributed by atoms with Crippen LogP contribution in [-0.2, 0) is 9.53 Å². The van der Waals surface area contributed by atoms with Crippen LogP contribution in [0.25, 0.3) is 0 Å². The van der Waals surface area contributed by atoms with Crippen molar-refractivity contribution in [1.82, 2.24) is 4.90 Å². The van der Waals surface area contributed by atoms with Crippen LogP contribution >= 0.6 is 0 Å². The van der Waals surface area contributed by atoms with Gasteiger partial charge in [-0.05, 0) is 31.6 Å². The summed E-state index contributed by atoms with van der Waals surface area (Å²) in [6.07, 6.45) is 6.36. The number of carbonyl (C=O) groups is 1. The molecule has 2 atom stereocenters. The Morgan fingerprint density at radius 1 is 1.37 bits per heavy atom. The molecule has 4 nitrogen and oxygen atoms in total. The number of rotatable bonds is 3. The zero-order chi connectivity index (χ0) is 13.9. The van der Waals surface area contributed by atoms with Crippen LogP contribution in [0.1, 0.15) is 45.4 Å². The van der Waals surface area contributed by atoms with E-state index in [1.807, 2.05) is 11.9 Å². The lowest BCUT2D eigenvalue weighted by atomic mass is 9.77. The van der Waals surface area contributed by atoms with Gasteiger partial charge in [0.25, 0.3) is 0 Å². The number of carbonyl (C=O) groups excluding carboxylic acids is 1. The number of ether oxygens (including phenoxy) is 1. The first-order chi connectivity index (χ1) is 9.09. The van der Waals surface area contributed by atoms with E-state index in [1.54, 1.807) is 0 Å². The maximum atomic E-state index is 12.8. The lowest BCUT2D eigenvalue weighted by Gasteiger charge is -2.42. The van der Waals surface area contributed by atoms with Crippen molar-refractivity contribution in [3.05, 3.63) is 0 Å². The number of nitrogens with zero attached hydrogens (tertiary/aromatic N) is 1. The minimum absolute atomic E-state index is 0.248. The highest BCUT2D eigenvalue weighted by atomic mass is 16.5. The Kier molecular flexibility index (Phi) is 4.85. The van der Waals surface area contributed by atoms with Crippen LogP contribution in [0.4, 0.5) is 0 Å². The zero-order valence-electron chi connectivity index (χ0n) is 12.4. The van der Waals surface area contributed by atoms with Gasteiger partial charge >= 0.3 is 0 Å². The van der Waals surface area contributed by atoms with Crippen molar-refractivity contribution < 1.29 is 9.53 Å². The fraction of sp³-hybridized carbons (Fsp3) is 0.933. The van der Waals surface area contributed by atoms with E-state index < -0.39 is 0 Å². The van der Waals surface area contributed by atoms with Crippen LogP contribution in [0.5, 0.6) is 0 Å². The van der Waals surface area contributed by atoms with Gasteiger partial charge in [-0.3, -0.25) is 4.79 Å². The van der Waals surface area contributed by atoms with Crippen LogP contribution in [0.15, 0.2) is 0 Å². The number of hydrogen-bond donors (Lipinski definition) is 1. The monoisotopic (exact) mass is 268 g/mol. The van der Waals surface area contributed by atoms with Crippen molar-refractivity contribution in [1.29, 1.82) is 0 Å². The molecule has 0 spiro atoms. The molecule has 0 radical (unpaired) electrons. The van der Waals surface area contributed by atoms with Gasteiger partial charge in [-0.2, -0.15) is 0 Å². The SMILES string of the molecule is CC1CCCC(N(C)C(=O)C2(CN)CCOCC2)C1. The minimum atomic E-state index is -0.367. The van der Waals surface area contributed by atoms with Crippen LogP contribution < -0.4 is 5.73 Å². The molecule has 1 amide bonds. The van der Waals surface area contributed by atoms with Crippen molar-refractivity contribution in [2.45, 2.75) is 51.5 Å². The third-order valence-corrected chi connectivity index (χ3v) is 5.07. The quantitative estimate of drug-likeness (QED) is 0.849. The van der Waals surface area contributed by atoms with E-state index in [0.29, 0.717) is 25.8 Å². The first-order valence-electron chi connectivity index (χ1n) is 7.64. The predicted octanol–water partition coefficient (Wildman–Crippen LogP) is 1.78. The van der Waals surface area contributed by atoms with E-state index in [2.05, 4.69) is 6.92 Å². The molecule has 2 N–H and O–H groups in total. The van der Waals surface area contributed by atoms with E-state index in [-0.39, 0.29) is 11.3 Å². The molecule has 0 aromatic carbocycles. The molecule has 2 rings (SSSR count). The first-order valence-corrected chi connectivity index (χ1v) is 7.64. The first kappa shape index (κ1) is 14.8. The van der Waals surface area contributed by atoms with Gasteiger partial charge < -0.3 is 15.4 Å². The van der Waals surface area contributed by atoms with Gasteiger partial charge in [0.1, 0.15) is 0 Å². The molecule has 0 aromatic heterocycles. The minimum Gasteiger partial charge on any atom is -0.381 e. The second-order valence-corrected chi connectivity index (χ2v) is 6.44. The molecule has 4 heteroatoms. The van der Waals surface area contributed by atoms with Crippen molar-refractivity contribution in [3.8, 4) is 0 Å². The van der Waals surface area contributed by atoms with Crippen LogP contribution in [0.3, 0.4) is 0 Å². The van der Waals surface area contributed by atoms with E-state index in [4.69, 9.17) is 10.5 Å². The standard InChI is InChI=1S/C15H28N2O2/c1-12-4-3-5-13(10-12)17(2)14(18)15(11-16)6-8-19-9-7-15/h12-13H,3-11,16H2,1-2H3. The highest BCUT2D eigenvalue weighted by Gasteiger charge is 2.42. The Bertz CT molecular complexity index is 313. The van der Waals surface area contributed by atoms with E-state index >= 15 is 0 Å². The van der Waals surface area contributed by atoms with Gasteiger partial charge in [0.2, 0.25) is 5.91 Å². The summed E-state index contributed by atoms with van der Waals surface area (Å²) in [5, 5.41) is 0. The highest BCUT2D eigenvalue weighted by Crippen LogP contribution is 2.34. The van der Waals surface area contributed by atoms with Crippen molar-refractivity contribution in [2.24, 2.45) is 17.1 Å². The molecule has 1 saturated carbocycles. The van der Waals surface area contributed by atoms with Gasteiger partial charge in [0, 0.05) is 32.8 Å². The van der Waals surface area contributed by atoms with E-state index in [9.17, 15) is 4.79 Å². The molecule has 2 aliphatic rings. The second-order valence-electron chi connectivity index (χ2n) is 6.44. The summed E-state index contributed by atoms with van der Waals surface area (Å²) < 4.78 is 5.39. The molecular formula is C15H28N2O2. The maximum Gasteiger partial charge on any atom is 0.230 e. The normalized spacial score (nSPS) is 30.9.